The van der Waals surface area contributed by atoms with Gasteiger partial charge in [-0.1, -0.05) is 57.2 Å². The third-order valence-corrected chi connectivity index (χ3v) is 4.38. The van der Waals surface area contributed by atoms with E-state index in [0.717, 1.165) is 5.56 Å². The molecule has 0 radical (unpaired) electrons. The van der Waals surface area contributed by atoms with Crippen LogP contribution in [0.4, 0.5) is 0 Å². The number of nitrogens with one attached hydrogen (secondary N) is 1. The van der Waals surface area contributed by atoms with E-state index in [1.165, 1.54) is 5.56 Å². The molecule has 1 amide bonds. The molecule has 26 heavy (non-hydrogen) atoms. The van der Waals surface area contributed by atoms with E-state index < -0.39 is 6.10 Å². The molecule has 2 aromatic rings. The monoisotopic (exact) mass is 355 g/mol. The average molecular weight is 355 g/mol. The van der Waals surface area contributed by atoms with Crippen molar-refractivity contribution in [2.45, 2.75) is 52.2 Å². The average Bonchev–Trinajstić information content (AvgIpc) is 2.61. The van der Waals surface area contributed by atoms with Gasteiger partial charge >= 0.3 is 0 Å². The van der Waals surface area contributed by atoms with Crippen LogP contribution in [0.15, 0.2) is 48.5 Å². The number of hydrogen-bond acceptors (Lipinski definition) is 3. The first-order chi connectivity index (χ1) is 12.2. The summed E-state index contributed by atoms with van der Waals surface area (Å²) in [4.78, 5) is 12.5. The quantitative estimate of drug-likeness (QED) is 0.821. The number of rotatable bonds is 6. The number of benzene rings is 2. The Labute approximate surface area is 156 Å². The SMILES string of the molecule is COc1ccccc1O[C@H](C)C(=O)N[C@@H](C)c1ccc(C(C)(C)C)cc1. The molecule has 0 spiro atoms. The maximum Gasteiger partial charge on any atom is 0.261 e. The van der Waals surface area contributed by atoms with Gasteiger partial charge in [-0.25, -0.2) is 0 Å². The Bertz CT molecular complexity index is 732. The Morgan fingerprint density at radius 3 is 2.08 bits per heavy atom. The number of carbonyl (C=O) groups excluding carboxylic acids is 1. The molecule has 0 heterocycles. The van der Waals surface area contributed by atoms with Crippen molar-refractivity contribution < 1.29 is 14.3 Å². The van der Waals surface area contributed by atoms with E-state index in [4.69, 9.17) is 9.47 Å². The van der Waals surface area contributed by atoms with Crippen molar-refractivity contribution in [2.24, 2.45) is 0 Å². The lowest BCUT2D eigenvalue weighted by Gasteiger charge is -2.22. The molecule has 0 saturated carbocycles. The molecule has 140 valence electrons. The van der Waals surface area contributed by atoms with Crippen molar-refractivity contribution in [2.75, 3.05) is 7.11 Å². The number of methoxy groups -OCH3 is 1. The first kappa shape index (κ1) is 19.8. The Kier molecular flexibility index (Phi) is 6.30. The minimum absolute atomic E-state index is 0.0970. The highest BCUT2D eigenvalue weighted by Gasteiger charge is 2.20. The number of carbonyl (C=O) groups is 1. The van der Waals surface area contributed by atoms with Gasteiger partial charge in [0.2, 0.25) is 0 Å². The van der Waals surface area contributed by atoms with Crippen LogP contribution in [0.1, 0.15) is 51.8 Å². The zero-order valence-corrected chi connectivity index (χ0v) is 16.5. The molecule has 0 bridgehead atoms. The zero-order valence-electron chi connectivity index (χ0n) is 16.5. The van der Waals surface area contributed by atoms with Gasteiger partial charge in [0.15, 0.2) is 17.6 Å². The predicted molar refractivity (Wildman–Crippen MR) is 105 cm³/mol. The third-order valence-electron chi connectivity index (χ3n) is 4.38. The molecule has 0 aromatic heterocycles. The van der Waals surface area contributed by atoms with Crippen molar-refractivity contribution in [3.8, 4) is 11.5 Å². The highest BCUT2D eigenvalue weighted by molar-refractivity contribution is 5.81. The number of hydrogen-bond donors (Lipinski definition) is 1. The Morgan fingerprint density at radius 2 is 1.54 bits per heavy atom. The van der Waals surface area contributed by atoms with E-state index in [1.807, 2.05) is 19.1 Å². The van der Waals surface area contributed by atoms with Gasteiger partial charge in [-0.05, 0) is 42.5 Å². The normalized spacial score (nSPS) is 13.6. The van der Waals surface area contributed by atoms with E-state index >= 15 is 0 Å². The lowest BCUT2D eigenvalue weighted by molar-refractivity contribution is -0.127. The second kappa shape index (κ2) is 8.26. The Hall–Kier alpha value is -2.49. The highest BCUT2D eigenvalue weighted by Crippen LogP contribution is 2.27. The second-order valence-corrected chi connectivity index (χ2v) is 7.51. The summed E-state index contributed by atoms with van der Waals surface area (Å²) in [5.74, 6) is 1.00. The molecule has 0 aliphatic carbocycles. The van der Waals surface area contributed by atoms with Gasteiger partial charge in [0.05, 0.1) is 13.2 Å². The molecule has 2 rings (SSSR count). The van der Waals surface area contributed by atoms with E-state index in [2.05, 4.69) is 50.4 Å². The van der Waals surface area contributed by atoms with Crippen LogP contribution in [-0.4, -0.2) is 19.1 Å². The summed E-state index contributed by atoms with van der Waals surface area (Å²) < 4.78 is 11.0. The molecule has 4 nitrogen and oxygen atoms in total. The van der Waals surface area contributed by atoms with Crippen molar-refractivity contribution in [1.29, 1.82) is 0 Å². The van der Waals surface area contributed by atoms with Gasteiger partial charge in [-0.3, -0.25) is 4.79 Å². The van der Waals surface area contributed by atoms with Crippen LogP contribution in [0.2, 0.25) is 0 Å². The highest BCUT2D eigenvalue weighted by atomic mass is 16.5. The largest absolute Gasteiger partial charge is 0.493 e. The summed E-state index contributed by atoms with van der Waals surface area (Å²) in [5.41, 5.74) is 2.45. The van der Waals surface area contributed by atoms with Crippen LogP contribution < -0.4 is 14.8 Å². The summed E-state index contributed by atoms with van der Waals surface area (Å²) in [5, 5.41) is 3.01. The van der Waals surface area contributed by atoms with Gasteiger partial charge in [0, 0.05) is 0 Å². The number of ether oxygens (including phenoxy) is 2. The smallest absolute Gasteiger partial charge is 0.261 e. The standard InChI is InChI=1S/C22H29NO3/c1-15(17-11-13-18(14-12-17)22(3,4)5)23-21(24)16(2)26-20-10-8-7-9-19(20)25-6/h7-16H,1-6H3,(H,23,24)/t15-,16+/m0/s1. The fourth-order valence-corrected chi connectivity index (χ4v) is 2.65. The third kappa shape index (κ3) is 5.01. The minimum atomic E-state index is -0.623. The maximum absolute atomic E-state index is 12.5. The summed E-state index contributed by atoms with van der Waals surface area (Å²) in [6, 6.07) is 15.6. The molecule has 0 aliphatic heterocycles. The molecule has 0 unspecified atom stereocenters. The first-order valence-electron chi connectivity index (χ1n) is 8.93. The van der Waals surface area contributed by atoms with Crippen molar-refractivity contribution in [3.05, 3.63) is 59.7 Å². The van der Waals surface area contributed by atoms with E-state index in [-0.39, 0.29) is 17.4 Å². The molecular formula is C22H29NO3. The minimum Gasteiger partial charge on any atom is -0.493 e. The van der Waals surface area contributed by atoms with Crippen LogP contribution in [0.5, 0.6) is 11.5 Å². The molecule has 2 aromatic carbocycles. The predicted octanol–water partition coefficient (Wildman–Crippen LogP) is 4.64. The molecular weight excluding hydrogens is 326 g/mol. The Morgan fingerprint density at radius 1 is 0.962 bits per heavy atom. The summed E-state index contributed by atoms with van der Waals surface area (Å²) in [6.45, 7) is 10.3. The lowest BCUT2D eigenvalue weighted by atomic mass is 9.86. The number of amides is 1. The van der Waals surface area contributed by atoms with Crippen LogP contribution in [0, 0.1) is 0 Å². The fraction of sp³-hybridized carbons (Fsp3) is 0.409. The summed E-state index contributed by atoms with van der Waals surface area (Å²) >= 11 is 0. The first-order valence-corrected chi connectivity index (χ1v) is 8.93. The lowest BCUT2D eigenvalue weighted by Crippen LogP contribution is -2.37. The molecule has 2 atom stereocenters. The fourth-order valence-electron chi connectivity index (χ4n) is 2.65. The molecule has 0 fully saturated rings. The van der Waals surface area contributed by atoms with Gasteiger partial charge in [-0.2, -0.15) is 0 Å². The topological polar surface area (TPSA) is 47.6 Å². The van der Waals surface area contributed by atoms with Crippen LogP contribution in [0.25, 0.3) is 0 Å². The summed E-state index contributed by atoms with van der Waals surface area (Å²) in [7, 11) is 1.58. The summed E-state index contributed by atoms with van der Waals surface area (Å²) in [6.07, 6.45) is -0.623. The van der Waals surface area contributed by atoms with Gasteiger partial charge in [0.1, 0.15) is 0 Å². The van der Waals surface area contributed by atoms with Gasteiger partial charge < -0.3 is 14.8 Å². The van der Waals surface area contributed by atoms with Crippen molar-refractivity contribution >= 4 is 5.91 Å². The van der Waals surface area contributed by atoms with Crippen molar-refractivity contribution in [1.82, 2.24) is 5.32 Å². The van der Waals surface area contributed by atoms with Crippen molar-refractivity contribution in [3.63, 3.8) is 0 Å². The van der Waals surface area contributed by atoms with Crippen LogP contribution >= 0.6 is 0 Å². The maximum atomic E-state index is 12.5. The van der Waals surface area contributed by atoms with E-state index in [9.17, 15) is 4.79 Å². The van der Waals surface area contributed by atoms with E-state index in [0.29, 0.717) is 11.5 Å². The molecule has 1 N–H and O–H groups in total. The van der Waals surface area contributed by atoms with Crippen LogP contribution in [0.3, 0.4) is 0 Å². The Balaban J connectivity index is 1.99. The number of para-hydroxylation sites is 2. The van der Waals surface area contributed by atoms with Gasteiger partial charge in [-0.15, -0.1) is 0 Å². The molecule has 0 aliphatic rings. The second-order valence-electron chi connectivity index (χ2n) is 7.51. The zero-order chi connectivity index (χ0) is 19.3. The van der Waals surface area contributed by atoms with E-state index in [1.54, 1.807) is 26.2 Å². The molecule has 4 heteroatoms. The van der Waals surface area contributed by atoms with Gasteiger partial charge in [0.25, 0.3) is 5.91 Å². The molecule has 0 saturated heterocycles. The van der Waals surface area contributed by atoms with Crippen LogP contribution in [-0.2, 0) is 10.2 Å².